The minimum atomic E-state index is -4.28. The lowest BCUT2D eigenvalue weighted by Gasteiger charge is -2.10. The molecule has 2 aromatic carbocycles. The molecule has 0 aliphatic rings. The molecule has 0 heterocycles. The molecule has 100 valence electrons. The summed E-state index contributed by atoms with van der Waals surface area (Å²) < 4.78 is 17.3. The second-order valence-corrected chi connectivity index (χ2v) is 6.48. The molecule has 0 saturated heterocycles. The Hall–Kier alpha value is -1.13. The van der Waals surface area contributed by atoms with E-state index in [0.717, 1.165) is 5.56 Å². The molecule has 0 bridgehead atoms. The molecule has 0 amide bonds. The fourth-order valence-electron chi connectivity index (χ4n) is 1.54. The van der Waals surface area contributed by atoms with E-state index in [1.165, 1.54) is 12.1 Å². The van der Waals surface area contributed by atoms with Crippen LogP contribution in [-0.4, -0.2) is 9.79 Å². The Balaban J connectivity index is 2.17. The van der Waals surface area contributed by atoms with Gasteiger partial charge in [-0.25, -0.2) is 0 Å². The number of halogens is 1. The van der Waals surface area contributed by atoms with Gasteiger partial charge in [0.05, 0.1) is 5.30 Å². The topological polar surface area (TPSA) is 66.8 Å². The number of hydrogen-bond donors (Lipinski definition) is 2. The zero-order valence-corrected chi connectivity index (χ0v) is 12.3. The van der Waals surface area contributed by atoms with Gasteiger partial charge >= 0.3 is 7.60 Å². The van der Waals surface area contributed by atoms with Crippen LogP contribution in [0.4, 0.5) is 0 Å². The van der Waals surface area contributed by atoms with Crippen molar-refractivity contribution in [1.29, 1.82) is 0 Å². The summed E-state index contributed by atoms with van der Waals surface area (Å²) in [6.45, 7) is 0.345. The molecule has 2 aromatic rings. The van der Waals surface area contributed by atoms with E-state index in [1.54, 1.807) is 6.07 Å². The van der Waals surface area contributed by atoms with Crippen LogP contribution in [0.2, 0.25) is 0 Å². The Kier molecular flexibility index (Phi) is 4.42. The van der Waals surface area contributed by atoms with Crippen molar-refractivity contribution >= 4 is 28.8 Å². The van der Waals surface area contributed by atoms with Crippen LogP contribution in [0.15, 0.2) is 53.0 Å². The van der Waals surface area contributed by atoms with Crippen molar-refractivity contribution in [2.24, 2.45) is 0 Å². The van der Waals surface area contributed by atoms with Gasteiger partial charge in [-0.3, -0.25) is 4.57 Å². The largest absolute Gasteiger partial charge is 0.489 e. The summed E-state index contributed by atoms with van der Waals surface area (Å²) in [4.78, 5) is 18.3. The van der Waals surface area contributed by atoms with Gasteiger partial charge in [-0.2, -0.15) is 0 Å². The highest BCUT2D eigenvalue weighted by Gasteiger charge is 2.18. The summed E-state index contributed by atoms with van der Waals surface area (Å²) in [5.74, 6) is 0.413. The van der Waals surface area contributed by atoms with E-state index in [2.05, 4.69) is 15.9 Å². The highest BCUT2D eigenvalue weighted by molar-refractivity contribution is 9.10. The van der Waals surface area contributed by atoms with E-state index in [9.17, 15) is 4.57 Å². The monoisotopic (exact) mass is 342 g/mol. The molecule has 19 heavy (non-hydrogen) atoms. The Labute approximate surface area is 119 Å². The van der Waals surface area contributed by atoms with Gasteiger partial charge in [0.1, 0.15) is 12.4 Å². The van der Waals surface area contributed by atoms with Gasteiger partial charge in [0.2, 0.25) is 0 Å². The molecule has 0 saturated carbocycles. The van der Waals surface area contributed by atoms with E-state index in [0.29, 0.717) is 16.8 Å². The standard InChI is InChI=1S/C13H12BrO4P/c14-11-6-12(8-13(7-11)19(15,16)17)18-9-10-4-2-1-3-5-10/h1-8H,9H2,(H2,15,16,17). The maximum atomic E-state index is 11.2. The Morgan fingerprint density at radius 3 is 2.42 bits per heavy atom. The lowest BCUT2D eigenvalue weighted by atomic mass is 10.2. The van der Waals surface area contributed by atoms with E-state index in [1.807, 2.05) is 30.3 Å². The van der Waals surface area contributed by atoms with Crippen LogP contribution in [0.25, 0.3) is 0 Å². The van der Waals surface area contributed by atoms with Crippen LogP contribution in [-0.2, 0) is 11.2 Å². The molecular formula is C13H12BrO4P. The van der Waals surface area contributed by atoms with E-state index in [4.69, 9.17) is 14.5 Å². The quantitative estimate of drug-likeness (QED) is 0.838. The maximum Gasteiger partial charge on any atom is 0.356 e. The third-order valence-electron chi connectivity index (χ3n) is 2.44. The molecule has 0 atom stereocenters. The summed E-state index contributed by atoms with van der Waals surface area (Å²) in [5, 5.41) is -0.0649. The molecule has 0 unspecified atom stereocenters. The van der Waals surface area contributed by atoms with Crippen LogP contribution in [0.1, 0.15) is 5.56 Å². The molecule has 0 aliphatic heterocycles. The highest BCUT2D eigenvalue weighted by atomic mass is 79.9. The van der Waals surface area contributed by atoms with Crippen molar-refractivity contribution in [3.63, 3.8) is 0 Å². The molecule has 2 N–H and O–H groups in total. The number of rotatable bonds is 4. The van der Waals surface area contributed by atoms with Gasteiger partial charge in [0, 0.05) is 4.47 Å². The maximum absolute atomic E-state index is 11.2. The van der Waals surface area contributed by atoms with Crippen LogP contribution < -0.4 is 10.0 Å². The SMILES string of the molecule is O=P(O)(O)c1cc(Br)cc(OCc2ccccc2)c1. The van der Waals surface area contributed by atoms with Gasteiger partial charge in [0.25, 0.3) is 0 Å². The predicted molar refractivity (Wildman–Crippen MR) is 76.6 cm³/mol. The first kappa shape index (κ1) is 14.3. The fourth-order valence-corrected chi connectivity index (χ4v) is 2.79. The Morgan fingerprint density at radius 1 is 1.11 bits per heavy atom. The lowest BCUT2D eigenvalue weighted by molar-refractivity contribution is 0.306. The van der Waals surface area contributed by atoms with E-state index < -0.39 is 7.60 Å². The Bertz CT molecular complexity index is 609. The molecule has 0 fully saturated rings. The third kappa shape index (κ3) is 4.18. The number of hydrogen-bond acceptors (Lipinski definition) is 2. The summed E-state index contributed by atoms with van der Waals surface area (Å²) in [7, 11) is -4.28. The zero-order chi connectivity index (χ0) is 13.9. The summed E-state index contributed by atoms with van der Waals surface area (Å²) >= 11 is 3.21. The van der Waals surface area contributed by atoms with Crippen molar-refractivity contribution in [1.82, 2.24) is 0 Å². The summed E-state index contributed by atoms with van der Waals surface area (Å²) in [5.41, 5.74) is 0.986. The Morgan fingerprint density at radius 2 is 1.79 bits per heavy atom. The zero-order valence-electron chi connectivity index (χ0n) is 9.86. The average Bonchev–Trinajstić information content (AvgIpc) is 2.36. The fraction of sp³-hybridized carbons (Fsp3) is 0.0769. The summed E-state index contributed by atoms with van der Waals surface area (Å²) in [6.07, 6.45) is 0. The first-order valence-corrected chi connectivity index (χ1v) is 7.89. The first-order chi connectivity index (χ1) is 8.95. The van der Waals surface area contributed by atoms with Crippen molar-refractivity contribution in [2.45, 2.75) is 6.61 Å². The van der Waals surface area contributed by atoms with Crippen LogP contribution in [0.3, 0.4) is 0 Å². The normalized spacial score (nSPS) is 11.3. The van der Waals surface area contributed by atoms with Crippen molar-refractivity contribution in [3.05, 3.63) is 58.6 Å². The van der Waals surface area contributed by atoms with Crippen molar-refractivity contribution < 1.29 is 19.1 Å². The second-order valence-electron chi connectivity index (χ2n) is 3.96. The van der Waals surface area contributed by atoms with E-state index >= 15 is 0 Å². The lowest BCUT2D eigenvalue weighted by Crippen LogP contribution is -2.05. The molecule has 2 rings (SSSR count). The van der Waals surface area contributed by atoms with Gasteiger partial charge < -0.3 is 14.5 Å². The third-order valence-corrected chi connectivity index (χ3v) is 3.83. The molecule has 0 spiro atoms. The molecule has 0 aliphatic carbocycles. The number of ether oxygens (including phenoxy) is 1. The minimum Gasteiger partial charge on any atom is -0.489 e. The molecule has 0 radical (unpaired) electrons. The number of benzene rings is 2. The predicted octanol–water partition coefficient (Wildman–Crippen LogP) is 2.83. The second kappa shape index (κ2) is 5.88. The summed E-state index contributed by atoms with van der Waals surface area (Å²) in [6, 6.07) is 14.0. The smallest absolute Gasteiger partial charge is 0.356 e. The van der Waals surface area contributed by atoms with Gasteiger partial charge in [-0.05, 0) is 23.8 Å². The van der Waals surface area contributed by atoms with Gasteiger partial charge in [0.15, 0.2) is 0 Å². The minimum absolute atomic E-state index is 0.0649. The molecule has 0 aromatic heterocycles. The molecule has 6 heteroatoms. The van der Waals surface area contributed by atoms with Crippen molar-refractivity contribution in [3.8, 4) is 5.75 Å². The van der Waals surface area contributed by atoms with Crippen LogP contribution in [0, 0.1) is 0 Å². The van der Waals surface area contributed by atoms with Crippen molar-refractivity contribution in [2.75, 3.05) is 0 Å². The molecular weight excluding hydrogens is 331 g/mol. The molecule has 4 nitrogen and oxygen atoms in total. The first-order valence-electron chi connectivity index (χ1n) is 5.48. The van der Waals surface area contributed by atoms with Gasteiger partial charge in [-0.15, -0.1) is 0 Å². The van der Waals surface area contributed by atoms with Crippen LogP contribution >= 0.6 is 23.5 Å². The van der Waals surface area contributed by atoms with Gasteiger partial charge in [-0.1, -0.05) is 46.3 Å². The van der Waals surface area contributed by atoms with E-state index in [-0.39, 0.29) is 5.30 Å². The highest BCUT2D eigenvalue weighted by Crippen LogP contribution is 2.35. The van der Waals surface area contributed by atoms with Crippen LogP contribution in [0.5, 0.6) is 5.75 Å². The average molecular weight is 343 g/mol.